The summed E-state index contributed by atoms with van der Waals surface area (Å²) in [5.74, 6) is 1.02. The van der Waals surface area contributed by atoms with Crippen LogP contribution in [0.25, 0.3) is 11.0 Å². The van der Waals surface area contributed by atoms with E-state index in [1.165, 1.54) is 0 Å². The largest absolute Gasteiger partial charge is 0.334 e. The number of benzene rings is 1. The molecule has 0 N–H and O–H groups in total. The van der Waals surface area contributed by atoms with Crippen molar-refractivity contribution in [2.45, 2.75) is 38.9 Å². The zero-order valence-corrected chi connectivity index (χ0v) is 13.7. The van der Waals surface area contributed by atoms with Crippen LogP contribution < -0.4 is 0 Å². The van der Waals surface area contributed by atoms with Crippen LogP contribution in [0.15, 0.2) is 48.8 Å². The first-order valence-electron chi connectivity index (χ1n) is 8.32. The van der Waals surface area contributed by atoms with Gasteiger partial charge in [-0.2, -0.15) is 0 Å². The highest BCUT2D eigenvalue weighted by molar-refractivity contribution is 5.81. The van der Waals surface area contributed by atoms with Crippen molar-refractivity contribution in [3.63, 3.8) is 0 Å². The van der Waals surface area contributed by atoms with E-state index in [1.54, 1.807) is 6.20 Å². The van der Waals surface area contributed by atoms with Gasteiger partial charge in [-0.1, -0.05) is 18.2 Å². The summed E-state index contributed by atoms with van der Waals surface area (Å²) in [5, 5.41) is 0. The molecule has 0 spiro atoms. The second kappa shape index (κ2) is 6.07. The number of carbonyl (C=O) groups excluding carboxylic acids is 1. The first kappa shape index (κ1) is 14.9. The molecule has 1 amide bonds. The monoisotopic (exact) mass is 320 g/mol. The molecule has 2 aromatic heterocycles. The van der Waals surface area contributed by atoms with E-state index >= 15 is 0 Å². The summed E-state index contributed by atoms with van der Waals surface area (Å²) >= 11 is 0. The summed E-state index contributed by atoms with van der Waals surface area (Å²) in [4.78, 5) is 23.6. The van der Waals surface area contributed by atoms with E-state index < -0.39 is 0 Å². The van der Waals surface area contributed by atoms with Crippen molar-refractivity contribution in [3.05, 3.63) is 60.2 Å². The van der Waals surface area contributed by atoms with Crippen molar-refractivity contribution in [1.82, 2.24) is 19.4 Å². The van der Waals surface area contributed by atoms with E-state index in [0.29, 0.717) is 19.1 Å². The molecule has 0 radical (unpaired) electrons. The lowest BCUT2D eigenvalue weighted by molar-refractivity contribution is -0.133. The number of amides is 1. The van der Waals surface area contributed by atoms with Gasteiger partial charge >= 0.3 is 0 Å². The van der Waals surface area contributed by atoms with E-state index in [1.807, 2.05) is 59.0 Å². The Morgan fingerprint density at radius 1 is 1.25 bits per heavy atom. The van der Waals surface area contributed by atoms with E-state index in [2.05, 4.69) is 9.97 Å². The molecular formula is C19H20N4O. The molecular weight excluding hydrogens is 300 g/mol. The van der Waals surface area contributed by atoms with Crippen molar-refractivity contribution in [3.8, 4) is 0 Å². The minimum atomic E-state index is 0.146. The quantitative estimate of drug-likeness (QED) is 0.726. The third-order valence-corrected chi connectivity index (χ3v) is 4.52. The summed E-state index contributed by atoms with van der Waals surface area (Å²) in [5.41, 5.74) is 3.03. The van der Waals surface area contributed by atoms with Gasteiger partial charge in [0, 0.05) is 25.0 Å². The fraction of sp³-hybridized carbons (Fsp3) is 0.316. The summed E-state index contributed by atoms with van der Waals surface area (Å²) in [6.07, 6.45) is 5.78. The molecule has 0 saturated heterocycles. The molecule has 1 aliphatic carbocycles. The van der Waals surface area contributed by atoms with Crippen molar-refractivity contribution >= 4 is 16.9 Å². The Morgan fingerprint density at radius 2 is 2.08 bits per heavy atom. The smallest absolute Gasteiger partial charge is 0.243 e. The van der Waals surface area contributed by atoms with Gasteiger partial charge in [0.15, 0.2) is 0 Å². The Balaban J connectivity index is 1.58. The summed E-state index contributed by atoms with van der Waals surface area (Å²) in [7, 11) is 0. The topological polar surface area (TPSA) is 51.0 Å². The van der Waals surface area contributed by atoms with Crippen LogP contribution >= 0.6 is 0 Å². The third-order valence-electron chi connectivity index (χ3n) is 4.52. The molecule has 122 valence electrons. The Hall–Kier alpha value is -2.69. The SMILES string of the molecule is Cc1nc2ccccc2n1CC(=O)N(Cc1cccnc1)C1CC1. The lowest BCUT2D eigenvalue weighted by Gasteiger charge is -2.23. The molecule has 1 saturated carbocycles. The van der Waals surface area contributed by atoms with Gasteiger partial charge < -0.3 is 9.47 Å². The highest BCUT2D eigenvalue weighted by atomic mass is 16.2. The van der Waals surface area contributed by atoms with Crippen molar-refractivity contribution < 1.29 is 4.79 Å². The number of aryl methyl sites for hydroxylation is 1. The van der Waals surface area contributed by atoms with E-state index in [0.717, 1.165) is 35.3 Å². The second-order valence-corrected chi connectivity index (χ2v) is 6.35. The Bertz CT molecular complexity index is 867. The molecule has 0 unspecified atom stereocenters. The molecule has 1 fully saturated rings. The number of hydrogen-bond donors (Lipinski definition) is 0. The van der Waals surface area contributed by atoms with E-state index in [9.17, 15) is 4.79 Å². The molecule has 0 aliphatic heterocycles. The van der Waals surface area contributed by atoms with Crippen LogP contribution in [0.1, 0.15) is 24.2 Å². The number of para-hydroxylation sites is 2. The van der Waals surface area contributed by atoms with E-state index in [4.69, 9.17) is 0 Å². The Morgan fingerprint density at radius 3 is 2.83 bits per heavy atom. The number of hydrogen-bond acceptors (Lipinski definition) is 3. The first-order valence-corrected chi connectivity index (χ1v) is 8.32. The molecule has 24 heavy (non-hydrogen) atoms. The maximum absolute atomic E-state index is 12.9. The van der Waals surface area contributed by atoms with Crippen molar-refractivity contribution in [1.29, 1.82) is 0 Å². The fourth-order valence-corrected chi connectivity index (χ4v) is 3.12. The highest BCUT2D eigenvalue weighted by Gasteiger charge is 2.32. The summed E-state index contributed by atoms with van der Waals surface area (Å²) < 4.78 is 2.01. The molecule has 5 heteroatoms. The maximum atomic E-state index is 12.9. The zero-order chi connectivity index (χ0) is 16.5. The third kappa shape index (κ3) is 2.89. The minimum Gasteiger partial charge on any atom is -0.334 e. The lowest BCUT2D eigenvalue weighted by Crippen LogP contribution is -2.35. The lowest BCUT2D eigenvalue weighted by atomic mass is 10.2. The standard InChI is InChI=1S/C19H20N4O/c1-14-21-17-6-2-3-7-18(17)22(14)13-19(24)23(16-8-9-16)12-15-5-4-10-20-11-15/h2-7,10-11,16H,8-9,12-13H2,1H3. The predicted octanol–water partition coefficient (Wildman–Crippen LogP) is 2.93. The minimum absolute atomic E-state index is 0.146. The maximum Gasteiger partial charge on any atom is 0.243 e. The number of nitrogens with zero attached hydrogens (tertiary/aromatic N) is 4. The Kier molecular flexibility index (Phi) is 3.76. The van der Waals surface area contributed by atoms with Crippen LogP contribution in [0.3, 0.4) is 0 Å². The molecule has 4 rings (SSSR count). The van der Waals surface area contributed by atoms with Gasteiger partial charge in [-0.05, 0) is 43.5 Å². The average molecular weight is 320 g/mol. The molecule has 3 aromatic rings. The number of aromatic nitrogens is 3. The molecule has 1 aromatic carbocycles. The second-order valence-electron chi connectivity index (χ2n) is 6.35. The van der Waals surface area contributed by atoms with Gasteiger partial charge in [0.1, 0.15) is 12.4 Å². The number of imidazole rings is 1. The highest BCUT2D eigenvalue weighted by Crippen LogP contribution is 2.29. The van der Waals surface area contributed by atoms with Crippen LogP contribution in [-0.4, -0.2) is 31.4 Å². The molecule has 0 bridgehead atoms. The van der Waals surface area contributed by atoms with Crippen LogP contribution in [0.5, 0.6) is 0 Å². The molecule has 0 atom stereocenters. The first-order chi connectivity index (χ1) is 11.7. The van der Waals surface area contributed by atoms with Crippen LogP contribution in [0.4, 0.5) is 0 Å². The van der Waals surface area contributed by atoms with Gasteiger partial charge in [0.25, 0.3) is 0 Å². The zero-order valence-electron chi connectivity index (χ0n) is 13.7. The van der Waals surface area contributed by atoms with Crippen LogP contribution in [0.2, 0.25) is 0 Å². The average Bonchev–Trinajstić information content (AvgIpc) is 3.39. The van der Waals surface area contributed by atoms with Crippen LogP contribution in [0, 0.1) is 6.92 Å². The van der Waals surface area contributed by atoms with Crippen molar-refractivity contribution in [2.24, 2.45) is 0 Å². The predicted molar refractivity (Wildman–Crippen MR) is 92.3 cm³/mol. The number of carbonyl (C=O) groups is 1. The fourth-order valence-electron chi connectivity index (χ4n) is 3.12. The number of pyridine rings is 1. The van der Waals surface area contributed by atoms with Gasteiger partial charge in [-0.3, -0.25) is 9.78 Å². The van der Waals surface area contributed by atoms with Crippen molar-refractivity contribution in [2.75, 3.05) is 0 Å². The van der Waals surface area contributed by atoms with Gasteiger partial charge in [0.05, 0.1) is 11.0 Å². The molecule has 2 heterocycles. The number of rotatable bonds is 5. The van der Waals surface area contributed by atoms with Crippen LogP contribution in [-0.2, 0) is 17.9 Å². The summed E-state index contributed by atoms with van der Waals surface area (Å²) in [6.45, 7) is 2.92. The molecule has 1 aliphatic rings. The molecule has 5 nitrogen and oxygen atoms in total. The number of fused-ring (bicyclic) bond motifs is 1. The van der Waals surface area contributed by atoms with Gasteiger partial charge in [-0.25, -0.2) is 4.98 Å². The van der Waals surface area contributed by atoms with Gasteiger partial charge in [0.2, 0.25) is 5.91 Å². The Labute approximate surface area is 140 Å². The van der Waals surface area contributed by atoms with Gasteiger partial charge in [-0.15, -0.1) is 0 Å². The van der Waals surface area contributed by atoms with E-state index in [-0.39, 0.29) is 5.91 Å². The normalized spacial score (nSPS) is 14.0. The summed E-state index contributed by atoms with van der Waals surface area (Å²) in [6, 6.07) is 12.3.